The fourth-order valence-corrected chi connectivity index (χ4v) is 3.23. The summed E-state index contributed by atoms with van der Waals surface area (Å²) < 4.78 is 48.1. The van der Waals surface area contributed by atoms with Crippen LogP contribution < -0.4 is 4.74 Å². The van der Waals surface area contributed by atoms with E-state index in [1.54, 1.807) is 49.4 Å². The van der Waals surface area contributed by atoms with E-state index >= 15 is 0 Å². The summed E-state index contributed by atoms with van der Waals surface area (Å²) in [5.74, 6) is -0.181. The van der Waals surface area contributed by atoms with Crippen LogP contribution in [0.5, 0.6) is 5.75 Å². The fraction of sp³-hybridized carbons (Fsp3) is 0.273. The normalized spacial score (nSPS) is 11.4. The lowest BCUT2D eigenvalue weighted by atomic mass is 10.1. The summed E-state index contributed by atoms with van der Waals surface area (Å²) in [6.45, 7) is 4.06. The molecule has 0 N–H and O–H groups in total. The Morgan fingerprint density at radius 2 is 1.80 bits per heavy atom. The summed E-state index contributed by atoms with van der Waals surface area (Å²) in [4.78, 5) is 14.2. The number of aromatic nitrogens is 2. The molecule has 0 bridgehead atoms. The highest BCUT2D eigenvalue weighted by atomic mass is 19.4. The van der Waals surface area contributed by atoms with Gasteiger partial charge in [0, 0.05) is 19.2 Å². The van der Waals surface area contributed by atoms with E-state index in [0.717, 1.165) is 10.9 Å². The summed E-state index contributed by atoms with van der Waals surface area (Å²) in [7, 11) is 1.45. The molecule has 1 aromatic heterocycles. The smallest absolute Gasteiger partial charge is 0.434 e. The zero-order valence-corrected chi connectivity index (χ0v) is 16.9. The topological polar surface area (TPSA) is 47.4 Å². The quantitative estimate of drug-likeness (QED) is 0.575. The zero-order valence-electron chi connectivity index (χ0n) is 16.9. The molecule has 0 saturated carbocycles. The summed E-state index contributed by atoms with van der Waals surface area (Å²) in [5.41, 5.74) is 0.00116. The number of para-hydroxylation sites is 2. The van der Waals surface area contributed by atoms with E-state index in [1.807, 2.05) is 6.92 Å². The first-order chi connectivity index (χ1) is 14.2. The first-order valence-electron chi connectivity index (χ1n) is 9.41. The van der Waals surface area contributed by atoms with Gasteiger partial charge in [0.15, 0.2) is 5.69 Å². The Kier molecular flexibility index (Phi) is 6.14. The van der Waals surface area contributed by atoms with Gasteiger partial charge in [-0.15, -0.1) is 0 Å². The second kappa shape index (κ2) is 8.61. The van der Waals surface area contributed by atoms with Crippen LogP contribution in [0.15, 0.2) is 54.7 Å². The first kappa shape index (κ1) is 21.4. The number of alkyl halides is 3. The number of hydrogen-bond donors (Lipinski definition) is 0. The van der Waals surface area contributed by atoms with Gasteiger partial charge in [-0.05, 0) is 31.5 Å². The van der Waals surface area contributed by atoms with E-state index in [9.17, 15) is 18.0 Å². The highest BCUT2D eigenvalue weighted by Gasteiger charge is 2.41. The van der Waals surface area contributed by atoms with Crippen molar-refractivity contribution in [3.05, 3.63) is 77.1 Å². The van der Waals surface area contributed by atoms with Crippen LogP contribution in [0.1, 0.15) is 34.1 Å². The fourth-order valence-electron chi connectivity index (χ4n) is 3.23. The molecule has 2 aromatic carbocycles. The molecule has 0 aliphatic carbocycles. The number of halogens is 3. The Hall–Kier alpha value is -3.29. The van der Waals surface area contributed by atoms with Gasteiger partial charge >= 0.3 is 6.18 Å². The lowest BCUT2D eigenvalue weighted by Crippen LogP contribution is -2.29. The molecular weight excluding hydrogens is 395 g/mol. The molecule has 158 valence electrons. The number of nitrogens with zero attached hydrogens (tertiary/aromatic N) is 3. The van der Waals surface area contributed by atoms with Crippen LogP contribution >= 0.6 is 0 Å². The standard InChI is InChI=1S/C22H22F3N3O2/c1-4-30-19-12-8-6-10-16(19)14-27(3)21(29)17-13-26-28(20(17)22(23,24)25)18-11-7-5-9-15(18)2/h5-13H,4,14H2,1-3H3. The predicted octanol–water partition coefficient (Wildman–Crippen LogP) is 4.87. The molecular formula is C22H22F3N3O2. The molecule has 0 fully saturated rings. The Bertz CT molecular complexity index is 1040. The van der Waals surface area contributed by atoms with Crippen LogP contribution in [-0.2, 0) is 12.7 Å². The Balaban J connectivity index is 1.98. The minimum Gasteiger partial charge on any atom is -0.494 e. The lowest BCUT2D eigenvalue weighted by molar-refractivity contribution is -0.143. The maximum atomic E-state index is 13.9. The molecule has 5 nitrogen and oxygen atoms in total. The molecule has 1 heterocycles. The molecule has 0 unspecified atom stereocenters. The van der Waals surface area contributed by atoms with Crippen molar-refractivity contribution in [2.24, 2.45) is 0 Å². The van der Waals surface area contributed by atoms with E-state index in [-0.39, 0.29) is 12.2 Å². The van der Waals surface area contributed by atoms with Crippen LogP contribution in [0.4, 0.5) is 13.2 Å². The van der Waals surface area contributed by atoms with E-state index in [1.165, 1.54) is 18.0 Å². The second-order valence-electron chi connectivity index (χ2n) is 6.80. The van der Waals surface area contributed by atoms with Gasteiger partial charge in [0.1, 0.15) is 5.75 Å². The maximum Gasteiger partial charge on any atom is 0.434 e. The number of carbonyl (C=O) groups is 1. The number of rotatable bonds is 6. The Morgan fingerprint density at radius 3 is 2.47 bits per heavy atom. The molecule has 8 heteroatoms. The van der Waals surface area contributed by atoms with Crippen molar-refractivity contribution >= 4 is 5.91 Å². The minimum absolute atomic E-state index is 0.0991. The third-order valence-corrected chi connectivity index (χ3v) is 4.64. The van der Waals surface area contributed by atoms with Crippen LogP contribution in [0.3, 0.4) is 0 Å². The highest BCUT2D eigenvalue weighted by Crippen LogP contribution is 2.35. The van der Waals surface area contributed by atoms with E-state index < -0.39 is 23.3 Å². The van der Waals surface area contributed by atoms with Crippen molar-refractivity contribution in [1.29, 1.82) is 0 Å². The van der Waals surface area contributed by atoms with E-state index in [4.69, 9.17) is 4.74 Å². The monoisotopic (exact) mass is 417 g/mol. The van der Waals surface area contributed by atoms with Crippen LogP contribution in [-0.4, -0.2) is 34.2 Å². The van der Waals surface area contributed by atoms with Crippen molar-refractivity contribution < 1.29 is 22.7 Å². The average molecular weight is 417 g/mol. The van der Waals surface area contributed by atoms with Crippen molar-refractivity contribution in [1.82, 2.24) is 14.7 Å². The first-order valence-corrected chi connectivity index (χ1v) is 9.41. The summed E-state index contributed by atoms with van der Waals surface area (Å²) in [5, 5.41) is 3.90. The molecule has 3 aromatic rings. The number of benzene rings is 2. The third kappa shape index (κ3) is 4.32. The molecule has 0 aliphatic rings. The number of ether oxygens (including phenoxy) is 1. The van der Waals surface area contributed by atoms with E-state index in [0.29, 0.717) is 23.5 Å². The van der Waals surface area contributed by atoms with Gasteiger partial charge in [0.05, 0.1) is 24.1 Å². The average Bonchev–Trinajstić information content (AvgIpc) is 3.15. The van der Waals surface area contributed by atoms with Gasteiger partial charge in [-0.3, -0.25) is 4.79 Å². The van der Waals surface area contributed by atoms with Crippen LogP contribution in [0.25, 0.3) is 5.69 Å². The predicted molar refractivity (Wildman–Crippen MR) is 107 cm³/mol. The highest BCUT2D eigenvalue weighted by molar-refractivity contribution is 5.95. The van der Waals surface area contributed by atoms with Gasteiger partial charge < -0.3 is 9.64 Å². The van der Waals surface area contributed by atoms with Crippen molar-refractivity contribution in [3.8, 4) is 11.4 Å². The molecule has 0 atom stereocenters. The minimum atomic E-state index is -4.76. The largest absolute Gasteiger partial charge is 0.494 e. The van der Waals surface area contributed by atoms with Crippen molar-refractivity contribution in [2.75, 3.05) is 13.7 Å². The summed E-state index contributed by atoms with van der Waals surface area (Å²) in [6.07, 6.45) is -3.78. The van der Waals surface area contributed by atoms with Crippen molar-refractivity contribution in [3.63, 3.8) is 0 Å². The summed E-state index contributed by atoms with van der Waals surface area (Å²) >= 11 is 0. The van der Waals surface area contributed by atoms with Gasteiger partial charge in [-0.2, -0.15) is 18.3 Å². The Labute approximate surface area is 172 Å². The lowest BCUT2D eigenvalue weighted by Gasteiger charge is -2.20. The van der Waals surface area contributed by atoms with Gasteiger partial charge in [-0.1, -0.05) is 36.4 Å². The van der Waals surface area contributed by atoms with Gasteiger partial charge in [0.2, 0.25) is 0 Å². The number of carbonyl (C=O) groups excluding carboxylic acids is 1. The number of amides is 1. The third-order valence-electron chi connectivity index (χ3n) is 4.64. The second-order valence-corrected chi connectivity index (χ2v) is 6.80. The SMILES string of the molecule is CCOc1ccccc1CN(C)C(=O)c1cnn(-c2ccccc2C)c1C(F)(F)F. The Morgan fingerprint density at radius 1 is 1.13 bits per heavy atom. The zero-order chi connectivity index (χ0) is 21.9. The molecule has 1 amide bonds. The number of aryl methyl sites for hydroxylation is 1. The van der Waals surface area contributed by atoms with Crippen molar-refractivity contribution in [2.45, 2.75) is 26.6 Å². The molecule has 0 radical (unpaired) electrons. The van der Waals surface area contributed by atoms with Gasteiger partial charge in [0.25, 0.3) is 5.91 Å². The summed E-state index contributed by atoms with van der Waals surface area (Å²) in [6, 6.07) is 13.7. The van der Waals surface area contributed by atoms with Crippen LogP contribution in [0.2, 0.25) is 0 Å². The van der Waals surface area contributed by atoms with Gasteiger partial charge in [-0.25, -0.2) is 4.68 Å². The van der Waals surface area contributed by atoms with Crippen LogP contribution in [0, 0.1) is 6.92 Å². The molecule has 0 aliphatic heterocycles. The van der Waals surface area contributed by atoms with E-state index in [2.05, 4.69) is 5.10 Å². The molecule has 0 spiro atoms. The molecule has 3 rings (SSSR count). The molecule has 0 saturated heterocycles. The maximum absolute atomic E-state index is 13.9. The number of hydrogen-bond acceptors (Lipinski definition) is 3. The molecule has 30 heavy (non-hydrogen) atoms.